The zero-order valence-electron chi connectivity index (χ0n) is 15.8. The molecular weight excluding hydrogens is 390 g/mol. The molecule has 2 aliphatic rings. The standard InChI is InChI=1S/C22H19NO5S/c1-15-6-9-17(10-7-15)29(25,26)23-21(24)27-14-22(23)13-12-19-18-5-3-2-4-16(18)8-11-20(19)28-22/h2-11H,12-14H2,1H3. The second kappa shape index (κ2) is 6.22. The lowest BCUT2D eigenvalue weighted by Crippen LogP contribution is -2.56. The van der Waals surface area contributed by atoms with E-state index in [-0.39, 0.29) is 11.5 Å². The predicted octanol–water partition coefficient (Wildman–Crippen LogP) is 4.01. The molecule has 1 spiro atoms. The average Bonchev–Trinajstić information content (AvgIpc) is 3.04. The van der Waals surface area contributed by atoms with Crippen molar-refractivity contribution in [1.82, 2.24) is 4.31 Å². The lowest BCUT2D eigenvalue weighted by atomic mass is 9.94. The molecule has 3 aromatic rings. The molecular formula is C22H19NO5S. The van der Waals surface area contributed by atoms with Gasteiger partial charge in [0.05, 0.1) is 4.90 Å². The SMILES string of the molecule is Cc1ccc(S(=O)(=O)N2C(=O)OCC23CCc2c(ccc4ccccc24)O3)cc1. The summed E-state index contributed by atoms with van der Waals surface area (Å²) < 4.78 is 38.8. The highest BCUT2D eigenvalue weighted by Gasteiger charge is 2.57. The Hall–Kier alpha value is -3.06. The zero-order chi connectivity index (χ0) is 20.2. The molecule has 0 bridgehead atoms. The first kappa shape index (κ1) is 18.0. The van der Waals surface area contributed by atoms with Crippen molar-refractivity contribution in [3.63, 3.8) is 0 Å². The Labute approximate surface area is 168 Å². The maximum Gasteiger partial charge on any atom is 0.427 e. The number of sulfonamides is 1. The summed E-state index contributed by atoms with van der Waals surface area (Å²) in [5.41, 5.74) is 0.564. The Balaban J connectivity index is 1.59. The lowest BCUT2D eigenvalue weighted by molar-refractivity contribution is -0.0189. The molecule has 7 heteroatoms. The Morgan fingerprint density at radius 1 is 1.00 bits per heavy atom. The van der Waals surface area contributed by atoms with Crippen LogP contribution in [0.3, 0.4) is 0 Å². The van der Waals surface area contributed by atoms with Gasteiger partial charge in [0.15, 0.2) is 6.61 Å². The summed E-state index contributed by atoms with van der Waals surface area (Å²) in [7, 11) is -4.12. The van der Waals surface area contributed by atoms with Crippen LogP contribution in [-0.4, -0.2) is 31.1 Å². The first-order valence-electron chi connectivity index (χ1n) is 9.39. The quantitative estimate of drug-likeness (QED) is 0.639. The molecule has 2 aliphatic heterocycles. The third kappa shape index (κ3) is 2.68. The molecule has 6 nitrogen and oxygen atoms in total. The van der Waals surface area contributed by atoms with Gasteiger partial charge in [0.2, 0.25) is 5.72 Å². The monoisotopic (exact) mass is 409 g/mol. The minimum atomic E-state index is -4.12. The molecule has 0 saturated carbocycles. The second-order valence-corrected chi connectivity index (χ2v) is 9.24. The first-order valence-corrected chi connectivity index (χ1v) is 10.8. The van der Waals surface area contributed by atoms with E-state index < -0.39 is 21.8 Å². The van der Waals surface area contributed by atoms with Crippen molar-refractivity contribution in [2.24, 2.45) is 0 Å². The number of aryl methyl sites for hydroxylation is 2. The molecule has 0 N–H and O–H groups in total. The Morgan fingerprint density at radius 2 is 1.76 bits per heavy atom. The summed E-state index contributed by atoms with van der Waals surface area (Å²) in [5.74, 6) is 0.581. The summed E-state index contributed by atoms with van der Waals surface area (Å²) in [6.45, 7) is 1.73. The third-order valence-electron chi connectivity index (χ3n) is 5.58. The largest absolute Gasteiger partial charge is 0.463 e. The summed E-state index contributed by atoms with van der Waals surface area (Å²) in [4.78, 5) is 12.5. The minimum Gasteiger partial charge on any atom is -0.463 e. The second-order valence-electron chi connectivity index (χ2n) is 7.45. The van der Waals surface area contributed by atoms with Crippen LogP contribution in [0, 0.1) is 6.92 Å². The molecule has 0 aromatic heterocycles. The smallest absolute Gasteiger partial charge is 0.427 e. The number of carbonyl (C=O) groups is 1. The van der Waals surface area contributed by atoms with Gasteiger partial charge in [-0.25, -0.2) is 13.2 Å². The molecule has 0 aliphatic carbocycles. The van der Waals surface area contributed by atoms with Crippen LogP contribution in [0.2, 0.25) is 0 Å². The van der Waals surface area contributed by atoms with Crippen LogP contribution in [0.5, 0.6) is 5.75 Å². The molecule has 0 radical (unpaired) electrons. The van der Waals surface area contributed by atoms with Crippen molar-refractivity contribution < 1.29 is 22.7 Å². The number of benzene rings is 3. The highest BCUT2D eigenvalue weighted by atomic mass is 32.2. The van der Waals surface area contributed by atoms with Crippen LogP contribution in [0.15, 0.2) is 65.6 Å². The molecule has 5 rings (SSSR count). The normalized spacial score (nSPS) is 21.1. The summed E-state index contributed by atoms with van der Waals surface area (Å²) in [6, 6.07) is 18.1. The fraction of sp³-hybridized carbons (Fsp3) is 0.227. The van der Waals surface area contributed by atoms with E-state index >= 15 is 0 Å². The third-order valence-corrected chi connectivity index (χ3v) is 7.41. The zero-order valence-corrected chi connectivity index (χ0v) is 16.6. The molecule has 1 fully saturated rings. The van der Waals surface area contributed by atoms with Gasteiger partial charge in [-0.15, -0.1) is 0 Å². The van der Waals surface area contributed by atoms with Gasteiger partial charge in [0, 0.05) is 12.0 Å². The van der Waals surface area contributed by atoms with Gasteiger partial charge in [-0.3, -0.25) is 0 Å². The molecule has 3 aromatic carbocycles. The maximum atomic E-state index is 13.3. The van der Waals surface area contributed by atoms with Crippen molar-refractivity contribution in [2.45, 2.75) is 30.4 Å². The van der Waals surface area contributed by atoms with E-state index in [2.05, 4.69) is 0 Å². The van der Waals surface area contributed by atoms with Gasteiger partial charge in [-0.05, 0) is 42.3 Å². The van der Waals surface area contributed by atoms with Crippen LogP contribution in [0.25, 0.3) is 10.8 Å². The lowest BCUT2D eigenvalue weighted by Gasteiger charge is -2.38. The molecule has 1 saturated heterocycles. The average molecular weight is 409 g/mol. The van der Waals surface area contributed by atoms with Gasteiger partial charge in [-0.1, -0.05) is 48.0 Å². The summed E-state index contributed by atoms with van der Waals surface area (Å²) in [6.07, 6.45) is -0.00670. The van der Waals surface area contributed by atoms with E-state index in [0.717, 1.165) is 26.2 Å². The molecule has 2 heterocycles. The Kier molecular flexibility index (Phi) is 3.86. The Morgan fingerprint density at radius 3 is 2.55 bits per heavy atom. The predicted molar refractivity (Wildman–Crippen MR) is 107 cm³/mol. The highest BCUT2D eigenvalue weighted by Crippen LogP contribution is 2.43. The molecule has 1 unspecified atom stereocenters. The Bertz CT molecular complexity index is 1240. The van der Waals surface area contributed by atoms with Gasteiger partial charge in [0.25, 0.3) is 10.0 Å². The summed E-state index contributed by atoms with van der Waals surface area (Å²) >= 11 is 0. The van der Waals surface area contributed by atoms with E-state index in [9.17, 15) is 13.2 Å². The van der Waals surface area contributed by atoms with Crippen LogP contribution in [-0.2, 0) is 21.2 Å². The van der Waals surface area contributed by atoms with E-state index in [4.69, 9.17) is 9.47 Å². The van der Waals surface area contributed by atoms with E-state index in [0.29, 0.717) is 18.6 Å². The topological polar surface area (TPSA) is 72.9 Å². The fourth-order valence-electron chi connectivity index (χ4n) is 4.08. The number of carbonyl (C=O) groups excluding carboxylic acids is 1. The molecule has 1 atom stereocenters. The molecule has 1 amide bonds. The van der Waals surface area contributed by atoms with Gasteiger partial charge < -0.3 is 9.47 Å². The van der Waals surface area contributed by atoms with Crippen molar-refractivity contribution in [3.05, 3.63) is 71.8 Å². The fourth-order valence-corrected chi connectivity index (χ4v) is 5.64. The first-order chi connectivity index (χ1) is 13.9. The van der Waals surface area contributed by atoms with Crippen molar-refractivity contribution >= 4 is 26.9 Å². The number of amides is 1. The number of hydrogen-bond donors (Lipinski definition) is 0. The number of hydrogen-bond acceptors (Lipinski definition) is 5. The highest BCUT2D eigenvalue weighted by molar-refractivity contribution is 7.89. The maximum absolute atomic E-state index is 13.3. The number of cyclic esters (lactones) is 1. The molecule has 29 heavy (non-hydrogen) atoms. The van der Waals surface area contributed by atoms with Crippen LogP contribution < -0.4 is 4.74 Å². The van der Waals surface area contributed by atoms with Crippen molar-refractivity contribution in [3.8, 4) is 5.75 Å². The number of ether oxygens (including phenoxy) is 2. The minimum absolute atomic E-state index is 0.0363. The number of rotatable bonds is 2. The molecule has 148 valence electrons. The number of nitrogens with zero attached hydrogens (tertiary/aromatic N) is 1. The van der Waals surface area contributed by atoms with Gasteiger partial charge in [-0.2, -0.15) is 4.31 Å². The van der Waals surface area contributed by atoms with Crippen molar-refractivity contribution in [1.29, 1.82) is 0 Å². The van der Waals surface area contributed by atoms with Crippen LogP contribution in [0.1, 0.15) is 17.5 Å². The van der Waals surface area contributed by atoms with Crippen LogP contribution >= 0.6 is 0 Å². The summed E-state index contributed by atoms with van der Waals surface area (Å²) in [5, 5.41) is 2.16. The van der Waals surface area contributed by atoms with E-state index in [1.54, 1.807) is 12.1 Å². The van der Waals surface area contributed by atoms with Crippen LogP contribution in [0.4, 0.5) is 4.79 Å². The van der Waals surface area contributed by atoms with Crippen molar-refractivity contribution in [2.75, 3.05) is 6.61 Å². The number of fused-ring (bicyclic) bond motifs is 3. The van der Waals surface area contributed by atoms with Gasteiger partial charge >= 0.3 is 6.09 Å². The van der Waals surface area contributed by atoms with E-state index in [1.165, 1.54) is 12.1 Å². The van der Waals surface area contributed by atoms with E-state index in [1.807, 2.05) is 43.3 Å². The van der Waals surface area contributed by atoms with Gasteiger partial charge in [0.1, 0.15) is 5.75 Å².